The topological polar surface area (TPSA) is 29.3 Å². The number of hydrogen-bond donors (Lipinski definition) is 1. The van der Waals surface area contributed by atoms with E-state index in [9.17, 15) is 0 Å². The second-order valence-electron chi connectivity index (χ2n) is 3.34. The Kier molecular flexibility index (Phi) is 3.64. The molecule has 0 fully saturated rings. The van der Waals surface area contributed by atoms with Gasteiger partial charge < -0.3 is 9.72 Å². The largest absolute Gasteiger partial charge is 0.310 e. The van der Waals surface area contributed by atoms with E-state index < -0.39 is 0 Å². The molecule has 0 aliphatic carbocycles. The highest BCUT2D eigenvalue weighted by Crippen LogP contribution is 2.05. The Bertz CT molecular complexity index is 424. The quantitative estimate of drug-likeness (QED) is 0.781. The Morgan fingerprint density at radius 2 is 2.40 bits per heavy atom. The van der Waals surface area contributed by atoms with Gasteiger partial charge in [-0.2, -0.15) is 11.8 Å². The van der Waals surface area contributed by atoms with Gasteiger partial charge in [-0.05, 0) is 18.4 Å². The fraction of sp³-hybridized carbons (Fsp3) is 0.364. The van der Waals surface area contributed by atoms with Crippen LogP contribution in [0.15, 0.2) is 30.6 Å². The third kappa shape index (κ3) is 2.52. The molecule has 0 saturated heterocycles. The Balaban J connectivity index is 2.04. The van der Waals surface area contributed by atoms with Crippen molar-refractivity contribution in [3.63, 3.8) is 0 Å². The van der Waals surface area contributed by atoms with Crippen molar-refractivity contribution in [3.05, 3.63) is 36.3 Å². The van der Waals surface area contributed by atoms with Crippen LogP contribution in [0, 0.1) is 0 Å². The zero-order chi connectivity index (χ0) is 10.5. The lowest BCUT2D eigenvalue weighted by molar-refractivity contribution is 0.708. The van der Waals surface area contributed by atoms with Crippen LogP contribution in [0.2, 0.25) is 0 Å². The van der Waals surface area contributed by atoms with E-state index in [2.05, 4.69) is 27.0 Å². The summed E-state index contributed by atoms with van der Waals surface area (Å²) in [6.07, 6.45) is 5.96. The molecule has 2 heterocycles. The van der Waals surface area contributed by atoms with E-state index in [0.717, 1.165) is 24.5 Å². The number of fused-ring (bicyclic) bond motifs is 1. The number of aromatic nitrogens is 2. The minimum absolute atomic E-state index is 0.897. The molecule has 1 N–H and O–H groups in total. The number of rotatable bonds is 5. The minimum Gasteiger partial charge on any atom is -0.310 e. The number of hydrogen-bond acceptors (Lipinski definition) is 3. The summed E-state index contributed by atoms with van der Waals surface area (Å²) in [5.41, 5.74) is 2.27. The van der Waals surface area contributed by atoms with Gasteiger partial charge in [0.2, 0.25) is 0 Å². The fourth-order valence-corrected chi connectivity index (χ4v) is 1.89. The SMILES string of the molecule is CSCCNCc1cccc2nccn12. The Morgan fingerprint density at radius 3 is 3.27 bits per heavy atom. The number of imidazole rings is 1. The van der Waals surface area contributed by atoms with E-state index in [-0.39, 0.29) is 0 Å². The summed E-state index contributed by atoms with van der Waals surface area (Å²) in [5.74, 6) is 1.15. The summed E-state index contributed by atoms with van der Waals surface area (Å²) in [7, 11) is 0. The summed E-state index contributed by atoms with van der Waals surface area (Å²) < 4.78 is 2.12. The van der Waals surface area contributed by atoms with E-state index in [4.69, 9.17) is 0 Å². The van der Waals surface area contributed by atoms with E-state index in [1.807, 2.05) is 36.3 Å². The minimum atomic E-state index is 0.897. The third-order valence-corrected chi connectivity index (χ3v) is 2.91. The maximum Gasteiger partial charge on any atom is 0.136 e. The van der Waals surface area contributed by atoms with E-state index in [0.29, 0.717) is 0 Å². The lowest BCUT2D eigenvalue weighted by Gasteiger charge is -2.06. The molecule has 2 rings (SSSR count). The maximum absolute atomic E-state index is 4.25. The van der Waals surface area contributed by atoms with Crippen LogP contribution in [0.3, 0.4) is 0 Å². The first-order valence-electron chi connectivity index (χ1n) is 5.02. The smallest absolute Gasteiger partial charge is 0.136 e. The first-order valence-corrected chi connectivity index (χ1v) is 6.42. The molecule has 0 unspecified atom stereocenters. The maximum atomic E-state index is 4.25. The summed E-state index contributed by atoms with van der Waals surface area (Å²) >= 11 is 1.86. The third-order valence-electron chi connectivity index (χ3n) is 2.30. The van der Waals surface area contributed by atoms with Gasteiger partial charge in [-0.15, -0.1) is 0 Å². The molecule has 15 heavy (non-hydrogen) atoms. The molecule has 0 spiro atoms. The summed E-state index contributed by atoms with van der Waals surface area (Å²) in [4.78, 5) is 4.25. The van der Waals surface area contributed by atoms with Crippen molar-refractivity contribution in [1.82, 2.24) is 14.7 Å². The van der Waals surface area contributed by atoms with Crippen molar-refractivity contribution in [3.8, 4) is 0 Å². The molecule has 0 aliphatic rings. The van der Waals surface area contributed by atoms with Gasteiger partial charge in [0.1, 0.15) is 5.65 Å². The Morgan fingerprint density at radius 1 is 1.47 bits per heavy atom. The van der Waals surface area contributed by atoms with Crippen LogP contribution < -0.4 is 5.32 Å². The molecule has 0 saturated carbocycles. The van der Waals surface area contributed by atoms with Crippen LogP contribution in [0.5, 0.6) is 0 Å². The van der Waals surface area contributed by atoms with Gasteiger partial charge in [-0.25, -0.2) is 4.98 Å². The van der Waals surface area contributed by atoms with Gasteiger partial charge in [0.15, 0.2) is 0 Å². The van der Waals surface area contributed by atoms with Crippen molar-refractivity contribution in [2.45, 2.75) is 6.54 Å². The molecule has 0 atom stereocenters. The standard InChI is InChI=1S/C11H15N3S/c1-15-8-6-12-9-10-3-2-4-11-13-5-7-14(10)11/h2-5,7,12H,6,8-9H2,1H3. The second kappa shape index (κ2) is 5.19. The molecule has 0 radical (unpaired) electrons. The van der Waals surface area contributed by atoms with Gasteiger partial charge in [-0.3, -0.25) is 0 Å². The van der Waals surface area contributed by atoms with Crippen LogP contribution in [-0.2, 0) is 6.54 Å². The first-order chi connectivity index (χ1) is 7.42. The molecule has 3 nitrogen and oxygen atoms in total. The van der Waals surface area contributed by atoms with Crippen molar-refractivity contribution < 1.29 is 0 Å². The van der Waals surface area contributed by atoms with Gasteiger partial charge >= 0.3 is 0 Å². The molecule has 0 aliphatic heterocycles. The first kappa shape index (κ1) is 10.5. The molecule has 80 valence electrons. The monoisotopic (exact) mass is 221 g/mol. The lowest BCUT2D eigenvalue weighted by Crippen LogP contribution is -2.18. The highest BCUT2D eigenvalue weighted by atomic mass is 32.2. The molecular formula is C11H15N3S. The van der Waals surface area contributed by atoms with Gasteiger partial charge in [0.05, 0.1) is 0 Å². The van der Waals surface area contributed by atoms with Crippen LogP contribution in [0.4, 0.5) is 0 Å². The molecule has 0 amide bonds. The van der Waals surface area contributed by atoms with E-state index >= 15 is 0 Å². The Hall–Kier alpha value is -1.00. The molecule has 0 bridgehead atoms. The highest BCUT2D eigenvalue weighted by Gasteiger charge is 1.98. The number of nitrogens with one attached hydrogen (secondary N) is 1. The van der Waals surface area contributed by atoms with Gasteiger partial charge in [0.25, 0.3) is 0 Å². The van der Waals surface area contributed by atoms with Crippen molar-refractivity contribution in [2.24, 2.45) is 0 Å². The van der Waals surface area contributed by atoms with Crippen LogP contribution in [0.1, 0.15) is 5.69 Å². The molecule has 0 aromatic carbocycles. The molecular weight excluding hydrogens is 206 g/mol. The number of pyridine rings is 1. The molecule has 4 heteroatoms. The van der Waals surface area contributed by atoms with Crippen molar-refractivity contribution in [1.29, 1.82) is 0 Å². The van der Waals surface area contributed by atoms with Crippen LogP contribution >= 0.6 is 11.8 Å². The average molecular weight is 221 g/mol. The predicted molar refractivity (Wildman–Crippen MR) is 65.3 cm³/mol. The zero-order valence-corrected chi connectivity index (χ0v) is 9.63. The fourth-order valence-electron chi connectivity index (χ4n) is 1.54. The van der Waals surface area contributed by atoms with Crippen molar-refractivity contribution >= 4 is 17.4 Å². The average Bonchev–Trinajstić information content (AvgIpc) is 2.73. The van der Waals surface area contributed by atoms with E-state index in [1.54, 1.807) is 0 Å². The van der Waals surface area contributed by atoms with Gasteiger partial charge in [0, 0.05) is 36.9 Å². The number of nitrogens with zero attached hydrogens (tertiary/aromatic N) is 2. The van der Waals surface area contributed by atoms with Gasteiger partial charge in [-0.1, -0.05) is 6.07 Å². The highest BCUT2D eigenvalue weighted by molar-refractivity contribution is 7.98. The predicted octanol–water partition coefficient (Wildman–Crippen LogP) is 1.79. The molecule has 2 aromatic rings. The van der Waals surface area contributed by atoms with Crippen LogP contribution in [0.25, 0.3) is 5.65 Å². The normalized spacial score (nSPS) is 11.0. The lowest BCUT2D eigenvalue weighted by atomic mass is 10.3. The second-order valence-corrected chi connectivity index (χ2v) is 4.33. The zero-order valence-electron chi connectivity index (χ0n) is 8.81. The van der Waals surface area contributed by atoms with Crippen LogP contribution in [-0.4, -0.2) is 27.9 Å². The van der Waals surface area contributed by atoms with Crippen molar-refractivity contribution in [2.75, 3.05) is 18.6 Å². The Labute approximate surface area is 93.9 Å². The summed E-state index contributed by atoms with van der Waals surface area (Å²) in [6.45, 7) is 1.94. The number of thioether (sulfide) groups is 1. The summed E-state index contributed by atoms with van der Waals surface area (Å²) in [5, 5.41) is 3.42. The summed E-state index contributed by atoms with van der Waals surface area (Å²) in [6, 6.07) is 6.19. The molecule has 2 aromatic heterocycles. The van der Waals surface area contributed by atoms with E-state index in [1.165, 1.54) is 5.69 Å².